The van der Waals surface area contributed by atoms with E-state index in [0.717, 1.165) is 22.2 Å². The van der Waals surface area contributed by atoms with Crippen LogP contribution in [-0.4, -0.2) is 33.5 Å². The Morgan fingerprint density at radius 3 is 2.84 bits per heavy atom. The molecule has 0 bridgehead atoms. The number of para-hydroxylation sites is 1. The zero-order valence-corrected chi connectivity index (χ0v) is 14.4. The lowest BCUT2D eigenvalue weighted by Crippen LogP contribution is -2.41. The highest BCUT2D eigenvalue weighted by molar-refractivity contribution is 5.84. The van der Waals surface area contributed by atoms with Crippen LogP contribution in [0.15, 0.2) is 53.3 Å². The van der Waals surface area contributed by atoms with E-state index in [1.54, 1.807) is 11.2 Å². The number of aliphatic hydroxyl groups is 1. The van der Waals surface area contributed by atoms with E-state index in [1.165, 1.54) is 0 Å². The number of fused-ring (bicyclic) bond motifs is 1. The number of carbonyl (C=O) groups is 1. The summed E-state index contributed by atoms with van der Waals surface area (Å²) in [6.07, 6.45) is 5.34. The summed E-state index contributed by atoms with van der Waals surface area (Å²) in [5.41, 5.74) is 2.22. The number of aromatic amines is 1. The van der Waals surface area contributed by atoms with Crippen LogP contribution in [0, 0.1) is 0 Å². The second-order valence-electron chi connectivity index (χ2n) is 6.21. The van der Waals surface area contributed by atoms with Gasteiger partial charge in [-0.25, -0.2) is 0 Å². The van der Waals surface area contributed by atoms with E-state index < -0.39 is 0 Å². The van der Waals surface area contributed by atoms with Crippen molar-refractivity contribution >= 4 is 16.8 Å². The summed E-state index contributed by atoms with van der Waals surface area (Å²) >= 11 is 0. The van der Waals surface area contributed by atoms with Crippen molar-refractivity contribution < 1.29 is 14.3 Å². The van der Waals surface area contributed by atoms with Crippen molar-refractivity contribution in [3.63, 3.8) is 0 Å². The summed E-state index contributed by atoms with van der Waals surface area (Å²) in [5.74, 6) is 0.759. The van der Waals surface area contributed by atoms with E-state index in [-0.39, 0.29) is 18.6 Å². The number of hydrogen-bond donors (Lipinski definition) is 2. The Morgan fingerprint density at radius 2 is 2.12 bits per heavy atom. The number of aryl methyl sites for hydroxylation is 1. The fraction of sp³-hybridized carbons (Fsp3) is 0.350. The molecule has 2 N–H and O–H groups in total. The van der Waals surface area contributed by atoms with Gasteiger partial charge < -0.3 is 19.4 Å². The molecule has 0 fully saturated rings. The number of nitrogens with one attached hydrogen (secondary N) is 1. The molecule has 0 spiro atoms. The Bertz CT molecular complexity index is 803. The molecule has 0 unspecified atom stereocenters. The Labute approximate surface area is 147 Å². The van der Waals surface area contributed by atoms with Gasteiger partial charge in [0.1, 0.15) is 5.76 Å². The van der Waals surface area contributed by atoms with Gasteiger partial charge in [-0.15, -0.1) is 0 Å². The summed E-state index contributed by atoms with van der Waals surface area (Å²) in [6, 6.07) is 11.6. The molecule has 25 heavy (non-hydrogen) atoms. The maximum absolute atomic E-state index is 12.8. The van der Waals surface area contributed by atoms with Crippen LogP contribution in [0.25, 0.3) is 10.9 Å². The molecular weight excluding hydrogens is 316 g/mol. The molecule has 0 saturated heterocycles. The lowest BCUT2D eigenvalue weighted by molar-refractivity contribution is -0.135. The lowest BCUT2D eigenvalue weighted by Gasteiger charge is -2.29. The van der Waals surface area contributed by atoms with E-state index in [0.29, 0.717) is 25.8 Å². The Morgan fingerprint density at radius 1 is 1.28 bits per heavy atom. The first-order valence-corrected chi connectivity index (χ1v) is 8.70. The molecule has 5 nitrogen and oxygen atoms in total. The van der Waals surface area contributed by atoms with Crippen molar-refractivity contribution in [3.8, 4) is 0 Å². The number of hydrogen-bond acceptors (Lipinski definition) is 3. The molecule has 2 heterocycles. The first kappa shape index (κ1) is 17.3. The molecular formula is C20H24N2O3. The minimum absolute atomic E-state index is 0.0302. The number of carbonyl (C=O) groups excluding carboxylic acids is 1. The van der Waals surface area contributed by atoms with E-state index >= 15 is 0 Å². The largest absolute Gasteiger partial charge is 0.467 e. The summed E-state index contributed by atoms with van der Waals surface area (Å²) in [4.78, 5) is 17.8. The standard InChI is InChI=1S/C20H24N2O3/c1-2-16(14-23)22(13-17-6-5-11-25-17)20(24)10-9-15-12-21-19-8-4-3-7-18(15)19/h3-8,11-12,16,21,23H,2,9-10,13-14H2,1H3/t16-/m1/s1. The highest BCUT2D eigenvalue weighted by Gasteiger charge is 2.23. The molecule has 0 aliphatic carbocycles. The van der Waals surface area contributed by atoms with Gasteiger partial charge in [-0.3, -0.25) is 4.79 Å². The number of aromatic nitrogens is 1. The Hall–Kier alpha value is -2.53. The van der Waals surface area contributed by atoms with Gasteiger partial charge >= 0.3 is 0 Å². The first-order chi connectivity index (χ1) is 12.2. The number of benzene rings is 1. The SMILES string of the molecule is CC[C@H](CO)N(Cc1ccco1)C(=O)CCc1c[nH]c2ccccc12. The molecule has 0 saturated carbocycles. The average Bonchev–Trinajstić information content (AvgIpc) is 3.29. The van der Waals surface area contributed by atoms with Gasteiger partial charge in [-0.2, -0.15) is 0 Å². The zero-order chi connectivity index (χ0) is 17.6. The molecule has 1 aromatic carbocycles. The molecule has 0 radical (unpaired) electrons. The van der Waals surface area contributed by atoms with Crippen molar-refractivity contribution in [2.45, 2.75) is 38.8 Å². The first-order valence-electron chi connectivity index (χ1n) is 8.70. The number of aliphatic hydroxyl groups excluding tert-OH is 1. The smallest absolute Gasteiger partial charge is 0.223 e. The molecule has 1 atom stereocenters. The average molecular weight is 340 g/mol. The van der Waals surface area contributed by atoms with Crippen molar-refractivity contribution in [2.75, 3.05) is 6.61 Å². The molecule has 5 heteroatoms. The maximum atomic E-state index is 12.8. The second-order valence-corrected chi connectivity index (χ2v) is 6.21. The van der Waals surface area contributed by atoms with E-state index in [9.17, 15) is 9.90 Å². The molecule has 2 aromatic heterocycles. The van der Waals surface area contributed by atoms with Crippen LogP contribution in [0.1, 0.15) is 31.1 Å². The van der Waals surface area contributed by atoms with Crippen LogP contribution < -0.4 is 0 Å². The highest BCUT2D eigenvalue weighted by atomic mass is 16.3. The van der Waals surface area contributed by atoms with Crippen LogP contribution in [0.2, 0.25) is 0 Å². The number of furan rings is 1. The van der Waals surface area contributed by atoms with E-state index in [4.69, 9.17) is 4.42 Å². The number of amides is 1. The van der Waals surface area contributed by atoms with Crippen molar-refractivity contribution in [1.29, 1.82) is 0 Å². The molecule has 3 aromatic rings. The fourth-order valence-electron chi connectivity index (χ4n) is 3.16. The number of H-pyrrole nitrogens is 1. The Balaban J connectivity index is 1.71. The molecule has 0 aliphatic heterocycles. The predicted molar refractivity (Wildman–Crippen MR) is 97.0 cm³/mol. The normalized spacial score (nSPS) is 12.4. The van der Waals surface area contributed by atoms with E-state index in [2.05, 4.69) is 11.1 Å². The molecule has 3 rings (SSSR count). The third-order valence-corrected chi connectivity index (χ3v) is 4.63. The van der Waals surface area contributed by atoms with Crippen molar-refractivity contribution in [2.24, 2.45) is 0 Å². The second kappa shape index (κ2) is 8.03. The van der Waals surface area contributed by atoms with Crippen LogP contribution in [0.4, 0.5) is 0 Å². The van der Waals surface area contributed by atoms with Gasteiger partial charge in [-0.05, 0) is 36.6 Å². The fourth-order valence-corrected chi connectivity index (χ4v) is 3.16. The Kier molecular flexibility index (Phi) is 5.56. The van der Waals surface area contributed by atoms with Gasteiger partial charge in [-0.1, -0.05) is 25.1 Å². The summed E-state index contributed by atoms with van der Waals surface area (Å²) < 4.78 is 5.38. The number of nitrogens with zero attached hydrogens (tertiary/aromatic N) is 1. The predicted octanol–water partition coefficient (Wildman–Crippen LogP) is 3.49. The third kappa shape index (κ3) is 3.94. The number of rotatable bonds is 8. The summed E-state index contributed by atoms with van der Waals surface area (Å²) in [7, 11) is 0. The van der Waals surface area contributed by atoms with E-state index in [1.807, 2.05) is 43.5 Å². The minimum atomic E-state index is -0.194. The van der Waals surface area contributed by atoms with Gasteiger partial charge in [0.15, 0.2) is 0 Å². The van der Waals surface area contributed by atoms with Crippen molar-refractivity contribution in [3.05, 3.63) is 60.2 Å². The van der Waals surface area contributed by atoms with Crippen LogP contribution >= 0.6 is 0 Å². The highest BCUT2D eigenvalue weighted by Crippen LogP contribution is 2.20. The van der Waals surface area contributed by atoms with Crippen LogP contribution in [0.3, 0.4) is 0 Å². The minimum Gasteiger partial charge on any atom is -0.467 e. The summed E-state index contributed by atoms with van der Waals surface area (Å²) in [6.45, 7) is 2.32. The van der Waals surface area contributed by atoms with Gasteiger partial charge in [0, 0.05) is 23.5 Å². The molecule has 1 amide bonds. The van der Waals surface area contributed by atoms with Crippen LogP contribution in [-0.2, 0) is 17.8 Å². The lowest BCUT2D eigenvalue weighted by atomic mass is 10.1. The zero-order valence-electron chi connectivity index (χ0n) is 14.4. The summed E-state index contributed by atoms with van der Waals surface area (Å²) in [5, 5.41) is 10.8. The quantitative estimate of drug-likeness (QED) is 0.659. The topological polar surface area (TPSA) is 69.5 Å². The monoisotopic (exact) mass is 340 g/mol. The van der Waals surface area contributed by atoms with Crippen molar-refractivity contribution in [1.82, 2.24) is 9.88 Å². The molecule has 0 aliphatic rings. The third-order valence-electron chi connectivity index (χ3n) is 4.63. The van der Waals surface area contributed by atoms with Gasteiger partial charge in [0.25, 0.3) is 0 Å². The van der Waals surface area contributed by atoms with Gasteiger partial charge in [0.2, 0.25) is 5.91 Å². The maximum Gasteiger partial charge on any atom is 0.223 e. The van der Waals surface area contributed by atoms with Gasteiger partial charge in [0.05, 0.1) is 25.5 Å². The molecule has 132 valence electrons. The van der Waals surface area contributed by atoms with Crippen LogP contribution in [0.5, 0.6) is 0 Å².